The second-order valence-electron chi connectivity index (χ2n) is 5.64. The van der Waals surface area contributed by atoms with E-state index >= 15 is 0 Å². The van der Waals surface area contributed by atoms with Crippen LogP contribution in [0.15, 0.2) is 47.8 Å². The summed E-state index contributed by atoms with van der Waals surface area (Å²) in [4.78, 5) is 16.6. The van der Waals surface area contributed by atoms with Crippen molar-refractivity contribution in [3.8, 4) is 22.8 Å². The first kappa shape index (κ1) is 19.7. The number of nitrogens with one attached hydrogen (secondary N) is 1. The van der Waals surface area contributed by atoms with Gasteiger partial charge in [-0.15, -0.1) is 11.3 Å². The summed E-state index contributed by atoms with van der Waals surface area (Å²) in [5.74, 6) is 0.432. The molecule has 9 heteroatoms. The quantitative estimate of drug-likeness (QED) is 0.638. The largest absolute Gasteiger partial charge is 0.493 e. The van der Waals surface area contributed by atoms with Crippen molar-refractivity contribution in [2.24, 2.45) is 0 Å². The molecule has 0 aliphatic carbocycles. The van der Waals surface area contributed by atoms with Crippen molar-refractivity contribution < 1.29 is 27.4 Å². The van der Waals surface area contributed by atoms with Crippen LogP contribution in [-0.2, 0) is 6.18 Å². The molecule has 2 aromatic carbocycles. The van der Waals surface area contributed by atoms with E-state index in [9.17, 15) is 18.0 Å². The highest BCUT2D eigenvalue weighted by atomic mass is 32.1. The molecular weight excluding hydrogens is 393 g/mol. The maximum atomic E-state index is 12.8. The highest BCUT2D eigenvalue weighted by Gasteiger charge is 2.31. The van der Waals surface area contributed by atoms with Gasteiger partial charge in [-0.2, -0.15) is 13.2 Å². The number of alkyl halides is 3. The summed E-state index contributed by atoms with van der Waals surface area (Å²) in [5.41, 5.74) is 0.349. The first-order valence-electron chi connectivity index (χ1n) is 7.98. The molecule has 1 heterocycles. The molecule has 1 N–H and O–H groups in total. The van der Waals surface area contributed by atoms with Gasteiger partial charge in [0.15, 0.2) is 16.6 Å². The fourth-order valence-electron chi connectivity index (χ4n) is 2.47. The molecule has 3 rings (SSSR count). The van der Waals surface area contributed by atoms with E-state index < -0.39 is 17.6 Å². The number of halogens is 3. The fourth-order valence-corrected chi connectivity index (χ4v) is 3.18. The Balaban J connectivity index is 1.79. The van der Waals surface area contributed by atoms with Crippen LogP contribution in [0.1, 0.15) is 15.9 Å². The van der Waals surface area contributed by atoms with Gasteiger partial charge in [-0.3, -0.25) is 10.1 Å². The molecule has 0 spiro atoms. The van der Waals surface area contributed by atoms with Crippen molar-refractivity contribution in [2.45, 2.75) is 6.18 Å². The Labute approximate surface area is 162 Å². The first-order chi connectivity index (χ1) is 13.3. The van der Waals surface area contributed by atoms with Crippen LogP contribution in [0.2, 0.25) is 0 Å². The normalized spacial score (nSPS) is 11.2. The highest BCUT2D eigenvalue weighted by Crippen LogP contribution is 2.34. The van der Waals surface area contributed by atoms with Gasteiger partial charge in [0.2, 0.25) is 0 Å². The summed E-state index contributed by atoms with van der Waals surface area (Å²) in [6.45, 7) is 0. The third-order valence-corrected chi connectivity index (χ3v) is 4.61. The number of carbonyl (C=O) groups excluding carboxylic acids is 1. The molecule has 1 aromatic heterocycles. The number of methoxy groups -OCH3 is 2. The van der Waals surface area contributed by atoms with Crippen LogP contribution in [0.5, 0.6) is 11.5 Å². The van der Waals surface area contributed by atoms with E-state index in [4.69, 9.17) is 9.47 Å². The van der Waals surface area contributed by atoms with E-state index in [0.29, 0.717) is 17.2 Å². The van der Waals surface area contributed by atoms with Gasteiger partial charge in [-0.1, -0.05) is 6.07 Å². The summed E-state index contributed by atoms with van der Waals surface area (Å²) in [7, 11) is 3.05. The Hall–Kier alpha value is -3.07. The van der Waals surface area contributed by atoms with Crippen LogP contribution < -0.4 is 14.8 Å². The van der Waals surface area contributed by atoms with Crippen molar-refractivity contribution in [1.82, 2.24) is 4.98 Å². The lowest BCUT2D eigenvalue weighted by Crippen LogP contribution is -2.13. The van der Waals surface area contributed by atoms with Crippen molar-refractivity contribution in [1.29, 1.82) is 0 Å². The molecule has 0 atom stereocenters. The maximum absolute atomic E-state index is 12.8. The van der Waals surface area contributed by atoms with Gasteiger partial charge in [0.1, 0.15) is 0 Å². The molecule has 0 fully saturated rings. The number of anilines is 1. The van der Waals surface area contributed by atoms with E-state index in [0.717, 1.165) is 29.0 Å². The van der Waals surface area contributed by atoms with Crippen LogP contribution in [0.25, 0.3) is 11.3 Å². The molecule has 28 heavy (non-hydrogen) atoms. The van der Waals surface area contributed by atoms with E-state index in [1.807, 2.05) is 0 Å². The zero-order chi connectivity index (χ0) is 20.3. The molecule has 0 aliphatic heterocycles. The predicted octanol–water partition coefficient (Wildman–Crippen LogP) is 5.10. The highest BCUT2D eigenvalue weighted by molar-refractivity contribution is 7.14. The standard InChI is InChI=1S/C19H15F3N2O3S/c1-26-15-7-6-11(9-16(15)27-2)14-10-28-18(23-14)24-17(25)12-4-3-5-13(8-12)19(20,21)22/h3-10H,1-2H3,(H,23,24,25). The molecule has 0 saturated heterocycles. The van der Waals surface area contributed by atoms with E-state index in [2.05, 4.69) is 10.3 Å². The van der Waals surface area contributed by atoms with E-state index in [1.165, 1.54) is 26.4 Å². The number of carbonyl (C=O) groups is 1. The van der Waals surface area contributed by atoms with Crippen molar-refractivity contribution in [2.75, 3.05) is 19.5 Å². The van der Waals surface area contributed by atoms with Crippen LogP contribution >= 0.6 is 11.3 Å². The summed E-state index contributed by atoms with van der Waals surface area (Å²) in [6.07, 6.45) is -4.52. The molecule has 1 amide bonds. The number of ether oxygens (including phenoxy) is 2. The second-order valence-corrected chi connectivity index (χ2v) is 6.50. The topological polar surface area (TPSA) is 60.5 Å². The molecule has 0 aliphatic rings. The minimum atomic E-state index is -4.52. The Morgan fingerprint density at radius 1 is 1.07 bits per heavy atom. The Kier molecular flexibility index (Phi) is 5.55. The lowest BCUT2D eigenvalue weighted by molar-refractivity contribution is -0.137. The Morgan fingerprint density at radius 2 is 1.82 bits per heavy atom. The van der Waals surface area contributed by atoms with Crippen molar-refractivity contribution in [3.63, 3.8) is 0 Å². The predicted molar refractivity (Wildman–Crippen MR) is 100 cm³/mol. The molecule has 0 radical (unpaired) electrons. The number of rotatable bonds is 5. The van der Waals surface area contributed by atoms with Crippen LogP contribution in [-0.4, -0.2) is 25.1 Å². The van der Waals surface area contributed by atoms with E-state index in [1.54, 1.807) is 23.6 Å². The zero-order valence-electron chi connectivity index (χ0n) is 14.8. The van der Waals surface area contributed by atoms with E-state index in [-0.39, 0.29) is 10.7 Å². The number of hydrogen-bond acceptors (Lipinski definition) is 5. The monoisotopic (exact) mass is 408 g/mol. The third kappa shape index (κ3) is 4.25. The van der Waals surface area contributed by atoms with Gasteiger partial charge >= 0.3 is 6.18 Å². The van der Waals surface area contributed by atoms with Crippen LogP contribution in [0, 0.1) is 0 Å². The van der Waals surface area contributed by atoms with Crippen LogP contribution in [0.4, 0.5) is 18.3 Å². The van der Waals surface area contributed by atoms with Gasteiger partial charge in [-0.25, -0.2) is 4.98 Å². The van der Waals surface area contributed by atoms with Crippen LogP contribution in [0.3, 0.4) is 0 Å². The number of amides is 1. The van der Waals surface area contributed by atoms with Gasteiger partial charge < -0.3 is 9.47 Å². The smallest absolute Gasteiger partial charge is 0.416 e. The minimum absolute atomic E-state index is 0.0994. The fraction of sp³-hybridized carbons (Fsp3) is 0.158. The van der Waals surface area contributed by atoms with Gasteiger partial charge in [-0.05, 0) is 36.4 Å². The molecule has 0 bridgehead atoms. The lowest BCUT2D eigenvalue weighted by Gasteiger charge is -2.08. The third-order valence-electron chi connectivity index (χ3n) is 3.86. The molecule has 0 saturated carbocycles. The molecule has 3 aromatic rings. The van der Waals surface area contributed by atoms with Gasteiger partial charge in [0, 0.05) is 16.5 Å². The number of thiazole rings is 1. The zero-order valence-corrected chi connectivity index (χ0v) is 15.6. The summed E-state index contributed by atoms with van der Waals surface area (Å²) in [6, 6.07) is 9.48. The number of benzene rings is 2. The lowest BCUT2D eigenvalue weighted by atomic mass is 10.1. The summed E-state index contributed by atoms with van der Waals surface area (Å²) in [5, 5.41) is 4.52. The summed E-state index contributed by atoms with van der Waals surface area (Å²) < 4.78 is 48.9. The molecule has 0 unspecified atom stereocenters. The number of aromatic nitrogens is 1. The number of nitrogens with zero attached hydrogens (tertiary/aromatic N) is 1. The maximum Gasteiger partial charge on any atom is 0.416 e. The minimum Gasteiger partial charge on any atom is -0.493 e. The first-order valence-corrected chi connectivity index (χ1v) is 8.86. The number of hydrogen-bond donors (Lipinski definition) is 1. The van der Waals surface area contributed by atoms with Gasteiger partial charge in [0.05, 0.1) is 25.5 Å². The van der Waals surface area contributed by atoms with Crippen molar-refractivity contribution in [3.05, 3.63) is 59.0 Å². The average molecular weight is 408 g/mol. The van der Waals surface area contributed by atoms with Gasteiger partial charge in [0.25, 0.3) is 5.91 Å². The second kappa shape index (κ2) is 7.89. The Morgan fingerprint density at radius 3 is 2.50 bits per heavy atom. The SMILES string of the molecule is COc1ccc(-c2csc(NC(=O)c3cccc(C(F)(F)F)c3)n2)cc1OC. The van der Waals surface area contributed by atoms with Crippen molar-refractivity contribution >= 4 is 22.4 Å². The molecule has 146 valence electrons. The molecule has 5 nitrogen and oxygen atoms in total. The summed E-state index contributed by atoms with van der Waals surface area (Å²) >= 11 is 1.16. The Bertz CT molecular complexity index is 1000. The average Bonchev–Trinajstić information content (AvgIpc) is 3.15. The molecular formula is C19H15F3N2O3S.